The molecule has 150 valence electrons. The van der Waals surface area contributed by atoms with Crippen molar-refractivity contribution in [2.75, 3.05) is 5.32 Å². The largest absolute Gasteiger partial charge is 0.345 e. The van der Waals surface area contributed by atoms with Crippen LogP contribution >= 0.6 is 0 Å². The maximum atomic E-state index is 12.9. The first-order valence-electron chi connectivity index (χ1n) is 9.85. The summed E-state index contributed by atoms with van der Waals surface area (Å²) in [5.74, 6) is 0.259. The third-order valence-electron chi connectivity index (χ3n) is 4.91. The monoisotopic (exact) mass is 398 g/mol. The number of nitrogens with one attached hydrogen (secondary N) is 2. The molecule has 6 nitrogen and oxygen atoms in total. The number of aromatic nitrogens is 2. The molecule has 0 radical (unpaired) electrons. The fourth-order valence-electron chi connectivity index (χ4n) is 3.44. The van der Waals surface area contributed by atoms with Crippen LogP contribution in [-0.4, -0.2) is 21.4 Å². The van der Waals surface area contributed by atoms with Gasteiger partial charge in [-0.05, 0) is 43.3 Å². The van der Waals surface area contributed by atoms with E-state index in [4.69, 9.17) is 0 Å². The Hall–Kier alpha value is -3.93. The summed E-state index contributed by atoms with van der Waals surface area (Å²) in [6.45, 7) is 3.10. The molecule has 3 aromatic carbocycles. The van der Waals surface area contributed by atoms with Crippen LogP contribution in [0.5, 0.6) is 0 Å². The van der Waals surface area contributed by atoms with Crippen molar-refractivity contribution in [1.29, 1.82) is 0 Å². The summed E-state index contributed by atoms with van der Waals surface area (Å²) in [5, 5.41) is 5.76. The first-order chi connectivity index (χ1) is 14.7. The lowest BCUT2D eigenvalue weighted by molar-refractivity contribution is 0.0950. The molecule has 30 heavy (non-hydrogen) atoms. The standard InChI is InChI=1S/C24H22N4O2/c1-2-28-21-15-9-8-14-20(21)26-22(28)16-25-24(30)18-12-6-7-13-19(18)27-23(29)17-10-4-3-5-11-17/h3-15H,2,16H2,1H3,(H,25,30)(H,27,29). The lowest BCUT2D eigenvalue weighted by atomic mass is 10.1. The van der Waals surface area contributed by atoms with Gasteiger partial charge >= 0.3 is 0 Å². The molecule has 0 aliphatic carbocycles. The SMILES string of the molecule is CCn1c(CNC(=O)c2ccccc2NC(=O)c2ccccc2)nc2ccccc21. The van der Waals surface area contributed by atoms with E-state index in [1.807, 2.05) is 37.3 Å². The van der Waals surface area contributed by atoms with Crippen molar-refractivity contribution in [3.05, 3.63) is 95.8 Å². The number of carbonyl (C=O) groups is 2. The van der Waals surface area contributed by atoms with Gasteiger partial charge in [-0.15, -0.1) is 0 Å². The molecule has 1 aromatic heterocycles. The molecule has 0 spiro atoms. The number of benzene rings is 3. The Morgan fingerprint density at radius 1 is 0.867 bits per heavy atom. The Kier molecular flexibility index (Phi) is 5.57. The summed E-state index contributed by atoms with van der Waals surface area (Å²) in [6, 6.07) is 23.8. The number of hydrogen-bond acceptors (Lipinski definition) is 3. The summed E-state index contributed by atoms with van der Waals surface area (Å²) in [4.78, 5) is 30.0. The van der Waals surface area contributed by atoms with Gasteiger partial charge in [-0.2, -0.15) is 0 Å². The number of imidazole rings is 1. The number of aryl methyl sites for hydroxylation is 1. The van der Waals surface area contributed by atoms with Crippen molar-refractivity contribution >= 4 is 28.5 Å². The number of para-hydroxylation sites is 3. The number of nitrogens with zero attached hydrogens (tertiary/aromatic N) is 2. The van der Waals surface area contributed by atoms with Gasteiger partial charge in [0.05, 0.1) is 28.8 Å². The third-order valence-corrected chi connectivity index (χ3v) is 4.91. The first kappa shape index (κ1) is 19.4. The maximum absolute atomic E-state index is 12.9. The fraction of sp³-hybridized carbons (Fsp3) is 0.125. The van der Waals surface area contributed by atoms with Crippen LogP contribution in [-0.2, 0) is 13.1 Å². The summed E-state index contributed by atoms with van der Waals surface area (Å²) >= 11 is 0. The van der Waals surface area contributed by atoms with E-state index in [-0.39, 0.29) is 11.8 Å². The zero-order valence-electron chi connectivity index (χ0n) is 16.6. The average Bonchev–Trinajstić information content (AvgIpc) is 3.16. The van der Waals surface area contributed by atoms with Gasteiger partial charge in [0.2, 0.25) is 0 Å². The lowest BCUT2D eigenvalue weighted by Gasteiger charge is -2.12. The molecular formula is C24H22N4O2. The lowest BCUT2D eigenvalue weighted by Crippen LogP contribution is -2.26. The highest BCUT2D eigenvalue weighted by Crippen LogP contribution is 2.18. The third kappa shape index (κ3) is 3.93. The molecule has 0 aliphatic heterocycles. The molecule has 0 saturated heterocycles. The van der Waals surface area contributed by atoms with Crippen LogP contribution in [0, 0.1) is 0 Å². The zero-order valence-corrected chi connectivity index (χ0v) is 16.6. The average molecular weight is 398 g/mol. The van der Waals surface area contributed by atoms with Crippen LogP contribution in [0.4, 0.5) is 5.69 Å². The van der Waals surface area contributed by atoms with Gasteiger partial charge in [0.1, 0.15) is 5.82 Å². The van der Waals surface area contributed by atoms with E-state index in [1.54, 1.807) is 48.5 Å². The molecule has 2 amide bonds. The Labute approximate surface area is 174 Å². The zero-order chi connectivity index (χ0) is 20.9. The molecule has 0 aliphatic rings. The van der Waals surface area contributed by atoms with Crippen molar-refractivity contribution in [2.24, 2.45) is 0 Å². The van der Waals surface area contributed by atoms with Crippen molar-refractivity contribution in [3.63, 3.8) is 0 Å². The summed E-state index contributed by atoms with van der Waals surface area (Å²) in [5.41, 5.74) is 3.34. The molecule has 0 bridgehead atoms. The minimum absolute atomic E-state index is 0.261. The van der Waals surface area contributed by atoms with Gasteiger partial charge in [0.25, 0.3) is 11.8 Å². The van der Waals surface area contributed by atoms with Crippen molar-refractivity contribution in [2.45, 2.75) is 20.0 Å². The Morgan fingerprint density at radius 2 is 1.57 bits per heavy atom. The Balaban J connectivity index is 1.51. The van der Waals surface area contributed by atoms with Crippen molar-refractivity contribution in [1.82, 2.24) is 14.9 Å². The van der Waals surface area contributed by atoms with Gasteiger partial charge in [-0.1, -0.05) is 42.5 Å². The predicted molar refractivity (Wildman–Crippen MR) is 117 cm³/mol. The Morgan fingerprint density at radius 3 is 2.37 bits per heavy atom. The van der Waals surface area contributed by atoms with Crippen LogP contribution in [0.1, 0.15) is 33.5 Å². The molecular weight excluding hydrogens is 376 g/mol. The smallest absolute Gasteiger partial charge is 0.255 e. The molecule has 0 unspecified atom stereocenters. The molecule has 4 aromatic rings. The van der Waals surface area contributed by atoms with Crippen molar-refractivity contribution < 1.29 is 9.59 Å². The van der Waals surface area contributed by atoms with E-state index >= 15 is 0 Å². The highest BCUT2D eigenvalue weighted by atomic mass is 16.2. The number of fused-ring (bicyclic) bond motifs is 1. The van der Waals surface area contributed by atoms with Gasteiger partial charge < -0.3 is 15.2 Å². The van der Waals surface area contributed by atoms with E-state index in [0.717, 1.165) is 23.4 Å². The van der Waals surface area contributed by atoms with E-state index in [0.29, 0.717) is 23.4 Å². The van der Waals surface area contributed by atoms with E-state index in [1.165, 1.54) is 0 Å². The molecule has 2 N–H and O–H groups in total. The number of amides is 2. The van der Waals surface area contributed by atoms with Crippen LogP contribution < -0.4 is 10.6 Å². The summed E-state index contributed by atoms with van der Waals surface area (Å²) in [6.07, 6.45) is 0. The normalized spacial score (nSPS) is 10.7. The number of anilines is 1. The second-order valence-electron chi connectivity index (χ2n) is 6.81. The second-order valence-corrected chi connectivity index (χ2v) is 6.81. The maximum Gasteiger partial charge on any atom is 0.255 e. The van der Waals surface area contributed by atoms with Crippen LogP contribution in [0.25, 0.3) is 11.0 Å². The van der Waals surface area contributed by atoms with Crippen LogP contribution in [0.2, 0.25) is 0 Å². The summed E-state index contributed by atoms with van der Waals surface area (Å²) < 4.78 is 2.08. The molecule has 6 heteroatoms. The van der Waals surface area contributed by atoms with Crippen molar-refractivity contribution in [3.8, 4) is 0 Å². The highest BCUT2D eigenvalue weighted by Gasteiger charge is 2.15. The van der Waals surface area contributed by atoms with Gasteiger partial charge in [-0.25, -0.2) is 4.98 Å². The van der Waals surface area contributed by atoms with Crippen LogP contribution in [0.3, 0.4) is 0 Å². The van der Waals surface area contributed by atoms with E-state index < -0.39 is 0 Å². The topological polar surface area (TPSA) is 76.0 Å². The van der Waals surface area contributed by atoms with Gasteiger partial charge in [0, 0.05) is 12.1 Å². The molecule has 0 saturated carbocycles. The van der Waals surface area contributed by atoms with Crippen LogP contribution in [0.15, 0.2) is 78.9 Å². The molecule has 0 fully saturated rings. The minimum Gasteiger partial charge on any atom is -0.345 e. The molecule has 4 rings (SSSR count). The van der Waals surface area contributed by atoms with Gasteiger partial charge in [0.15, 0.2) is 0 Å². The predicted octanol–water partition coefficient (Wildman–Crippen LogP) is 4.24. The number of rotatable bonds is 6. The summed E-state index contributed by atoms with van der Waals surface area (Å²) in [7, 11) is 0. The second kappa shape index (κ2) is 8.61. The number of carbonyl (C=O) groups excluding carboxylic acids is 2. The quantitative estimate of drug-likeness (QED) is 0.510. The molecule has 0 atom stereocenters. The molecule has 1 heterocycles. The van der Waals surface area contributed by atoms with E-state index in [2.05, 4.69) is 20.2 Å². The Bertz CT molecular complexity index is 1200. The van der Waals surface area contributed by atoms with E-state index in [9.17, 15) is 9.59 Å². The number of hydrogen-bond donors (Lipinski definition) is 2. The fourth-order valence-corrected chi connectivity index (χ4v) is 3.44. The van der Waals surface area contributed by atoms with Gasteiger partial charge in [-0.3, -0.25) is 9.59 Å². The minimum atomic E-state index is -0.270. The first-order valence-corrected chi connectivity index (χ1v) is 9.85. The highest BCUT2D eigenvalue weighted by molar-refractivity contribution is 6.08.